The third kappa shape index (κ3) is 19.6. The number of aliphatic hydroxyl groups is 1. The molecule has 3 aromatic carbocycles. The quantitative estimate of drug-likeness (QED) is 0.0293. The van der Waals surface area contributed by atoms with Crippen LogP contribution in [-0.4, -0.2) is 181 Å². The van der Waals surface area contributed by atoms with Gasteiger partial charge in [-0.2, -0.15) is 0 Å². The molecule has 10 amide bonds. The summed E-state index contributed by atoms with van der Waals surface area (Å²) in [5.74, 6) is -7.65. The Hall–Kier alpha value is -9.37. The SMILES string of the molecule is CCNC(=O)[C@@H]1CCCN1C(=O)[C@H](Cc1ccc(O)cc1)NC(=O)[C@H](CC(C)C)NC(=O)[C@@H](COC(C)(C)C)NC(=O)[C@H](Cc1ccc(O)cc1)NC(=O)[C@H](CO)NC(=O)[C@H](Cc1c[nH]c2ccccc12)NC(=O)[C@H](Cc1c[nH]cn1)NC(=O)[C@@H]1CCC(=O)N1. The van der Waals surface area contributed by atoms with Gasteiger partial charge in [0.05, 0.1) is 30.8 Å². The van der Waals surface area contributed by atoms with E-state index < -0.39 is 120 Å². The van der Waals surface area contributed by atoms with Gasteiger partial charge in [0.1, 0.15) is 65.9 Å². The van der Waals surface area contributed by atoms with Crippen LogP contribution in [0.1, 0.15) is 96.0 Å². The number of nitrogens with zero attached hydrogens (tertiary/aromatic N) is 2. The Morgan fingerprint density at radius 1 is 0.656 bits per heavy atom. The van der Waals surface area contributed by atoms with Crippen LogP contribution in [0.4, 0.5) is 0 Å². The number of ether oxygens (including phenoxy) is 1. The van der Waals surface area contributed by atoms with Crippen molar-refractivity contribution in [3.8, 4) is 11.5 Å². The first-order valence-corrected chi connectivity index (χ1v) is 30.2. The highest BCUT2D eigenvalue weighted by atomic mass is 16.5. The second kappa shape index (κ2) is 31.7. The Morgan fingerprint density at radius 2 is 1.20 bits per heavy atom. The van der Waals surface area contributed by atoms with Crippen LogP contribution in [0, 0.1) is 5.92 Å². The van der Waals surface area contributed by atoms with Crippen molar-refractivity contribution in [2.45, 2.75) is 159 Å². The zero-order valence-corrected chi connectivity index (χ0v) is 51.4. The number of fused-ring (bicyclic) bond motifs is 1. The maximum Gasteiger partial charge on any atom is 0.246 e. The lowest BCUT2D eigenvalue weighted by Crippen LogP contribution is -2.62. The number of carbonyl (C=O) groups excluding carboxylic acids is 10. The van der Waals surface area contributed by atoms with Crippen molar-refractivity contribution >= 4 is 70.0 Å². The van der Waals surface area contributed by atoms with Gasteiger partial charge in [-0.05, 0) is 106 Å². The van der Waals surface area contributed by atoms with Gasteiger partial charge in [-0.25, -0.2) is 4.98 Å². The minimum atomic E-state index is -1.78. The maximum absolute atomic E-state index is 14.8. The Kier molecular flexibility index (Phi) is 24.0. The smallest absolute Gasteiger partial charge is 0.246 e. The number of rotatable bonds is 30. The number of nitrogens with one attached hydrogen (secondary N) is 11. The van der Waals surface area contributed by atoms with E-state index in [1.54, 1.807) is 70.3 Å². The number of aliphatic hydroxyl groups excluding tert-OH is 1. The molecule has 0 radical (unpaired) electrons. The van der Waals surface area contributed by atoms with Crippen LogP contribution < -0.4 is 47.9 Å². The summed E-state index contributed by atoms with van der Waals surface area (Å²) in [7, 11) is 0. The van der Waals surface area contributed by atoms with E-state index in [-0.39, 0.29) is 80.7 Å². The highest BCUT2D eigenvalue weighted by Crippen LogP contribution is 2.23. The standard InChI is InChI=1S/C63H83N13O14/c1-7-65-61(88)52-13-10-24-76(52)62(89)49(27-37-16-20-41(79)21-17-37)73-55(82)45(25-35(2)3)69-60(87)51(33-90-63(4,5)6)75-56(83)46(26-36-14-18-40(78)19-15-36)70-59(86)50(32-77)74-57(84)47(28-38-30-66-43-12-9-8-11-42(38)43)71-58(85)48(29-39-31-64-34-67-39)72-54(81)44-22-23-53(80)68-44/h8-9,11-12,14-21,30-31,34-35,44-52,66,77-79H,7,10,13,22-29,32-33H2,1-6H3,(H,64,67)(H,65,88)(H,68,80)(H,69,87)(H,70,86)(H,71,85)(H,72,81)(H,73,82)(H,74,84)(H,75,83)/t44-,45-,46-,47-,48-,49-,50-,51+,52-/m0/s1. The number of H-pyrrole nitrogens is 2. The molecule has 9 atom stereocenters. The topological polar surface area (TPSA) is 397 Å². The number of phenolic OH excluding ortho intramolecular Hbond substituents is 2. The van der Waals surface area contributed by atoms with E-state index in [0.29, 0.717) is 52.7 Å². The fraction of sp³-hybridized carbons (Fsp3) is 0.476. The van der Waals surface area contributed by atoms with E-state index in [4.69, 9.17) is 4.74 Å². The molecule has 0 spiro atoms. The summed E-state index contributed by atoms with van der Waals surface area (Å²) in [4.78, 5) is 152. The molecule has 2 aliphatic rings. The van der Waals surface area contributed by atoms with Gasteiger partial charge >= 0.3 is 0 Å². The van der Waals surface area contributed by atoms with Crippen LogP contribution in [0.2, 0.25) is 0 Å². The lowest BCUT2D eigenvalue weighted by molar-refractivity contribution is -0.142. The summed E-state index contributed by atoms with van der Waals surface area (Å²) in [5.41, 5.74) is 1.77. The lowest BCUT2D eigenvalue weighted by Gasteiger charge is -2.31. The van der Waals surface area contributed by atoms with Gasteiger partial charge in [0.25, 0.3) is 0 Å². The van der Waals surface area contributed by atoms with Crippen molar-refractivity contribution < 1.29 is 68.0 Å². The average Bonchev–Trinajstić information content (AvgIpc) is 3.33. The van der Waals surface area contributed by atoms with E-state index in [1.165, 1.54) is 53.8 Å². The molecule has 27 heteroatoms. The van der Waals surface area contributed by atoms with Crippen LogP contribution in [-0.2, 0) is 78.4 Å². The highest BCUT2D eigenvalue weighted by Gasteiger charge is 2.40. The first-order valence-electron chi connectivity index (χ1n) is 30.2. The second-order valence-electron chi connectivity index (χ2n) is 24.0. The predicted molar refractivity (Wildman–Crippen MR) is 328 cm³/mol. The van der Waals surface area contributed by atoms with Gasteiger partial charge in [-0.15, -0.1) is 0 Å². The molecule has 2 saturated heterocycles. The van der Waals surface area contributed by atoms with Gasteiger partial charge in [-0.1, -0.05) is 56.3 Å². The monoisotopic (exact) mass is 1250 g/mol. The summed E-state index contributed by atoms with van der Waals surface area (Å²) in [6.45, 7) is 9.64. The van der Waals surface area contributed by atoms with Crippen molar-refractivity contribution in [2.24, 2.45) is 5.92 Å². The molecule has 2 fully saturated rings. The molecule has 0 saturated carbocycles. The Morgan fingerprint density at radius 3 is 1.78 bits per heavy atom. The van der Waals surface area contributed by atoms with Gasteiger partial charge in [0.15, 0.2) is 0 Å². The highest BCUT2D eigenvalue weighted by molar-refractivity contribution is 5.99. The Bertz CT molecular complexity index is 3310. The summed E-state index contributed by atoms with van der Waals surface area (Å²) in [6, 6.07) is 6.96. The number of carbonyl (C=O) groups is 10. The van der Waals surface area contributed by atoms with Crippen LogP contribution >= 0.6 is 0 Å². The van der Waals surface area contributed by atoms with Gasteiger partial charge < -0.3 is 82.8 Å². The number of likely N-dealkylation sites (N-methyl/N-ethyl adjacent to an activating group) is 1. The predicted octanol–water partition coefficient (Wildman–Crippen LogP) is 0.226. The van der Waals surface area contributed by atoms with Crippen LogP contribution in [0.15, 0.2) is 91.5 Å². The van der Waals surface area contributed by atoms with Crippen LogP contribution in [0.5, 0.6) is 11.5 Å². The van der Waals surface area contributed by atoms with E-state index in [0.717, 1.165) is 0 Å². The van der Waals surface area contributed by atoms with Gasteiger partial charge in [0, 0.05) is 68.5 Å². The number of imidazole rings is 1. The minimum absolute atomic E-state index is 0.0199. The summed E-state index contributed by atoms with van der Waals surface area (Å²) < 4.78 is 6.06. The number of aromatic amines is 2. The number of amides is 10. The van der Waals surface area contributed by atoms with Gasteiger partial charge in [0.2, 0.25) is 59.1 Å². The molecule has 4 heterocycles. The lowest BCUT2D eigenvalue weighted by atomic mass is 10.00. The zero-order valence-electron chi connectivity index (χ0n) is 51.4. The molecule has 0 unspecified atom stereocenters. The molecule has 90 heavy (non-hydrogen) atoms. The first kappa shape index (κ1) is 68.1. The fourth-order valence-corrected chi connectivity index (χ4v) is 10.6. The number of para-hydroxylation sites is 1. The molecule has 5 aromatic rings. The van der Waals surface area contributed by atoms with Crippen molar-refractivity contribution in [1.82, 2.24) is 67.7 Å². The minimum Gasteiger partial charge on any atom is -0.508 e. The molecule has 2 aliphatic heterocycles. The molecule has 7 rings (SSSR count). The number of likely N-dealkylation sites (tertiary alicyclic amines) is 1. The summed E-state index contributed by atoms with van der Waals surface area (Å²) in [5, 5.41) is 55.8. The summed E-state index contributed by atoms with van der Waals surface area (Å²) in [6.07, 6.45) is 5.21. The summed E-state index contributed by atoms with van der Waals surface area (Å²) >= 11 is 0. The van der Waals surface area contributed by atoms with Crippen molar-refractivity contribution in [1.29, 1.82) is 0 Å². The largest absolute Gasteiger partial charge is 0.508 e. The van der Waals surface area contributed by atoms with E-state index in [2.05, 4.69) is 62.8 Å². The van der Waals surface area contributed by atoms with E-state index in [1.807, 2.05) is 13.8 Å². The number of benzene rings is 3. The normalized spacial score (nSPS) is 17.2. The molecular weight excluding hydrogens is 1160 g/mol. The van der Waals surface area contributed by atoms with E-state index in [9.17, 15) is 63.3 Å². The van der Waals surface area contributed by atoms with Crippen molar-refractivity contribution in [2.75, 3.05) is 26.3 Å². The van der Waals surface area contributed by atoms with Crippen LogP contribution in [0.25, 0.3) is 10.9 Å². The Balaban J connectivity index is 1.12. The molecule has 27 nitrogen and oxygen atoms in total. The second-order valence-corrected chi connectivity index (χ2v) is 24.0. The molecule has 2 aromatic heterocycles. The number of phenols is 2. The fourth-order valence-electron chi connectivity index (χ4n) is 10.6. The Labute approximate surface area is 520 Å². The molecular formula is C63H83N13O14. The number of hydrogen-bond acceptors (Lipinski definition) is 15. The van der Waals surface area contributed by atoms with Crippen LogP contribution in [0.3, 0.4) is 0 Å². The third-order valence-electron chi connectivity index (χ3n) is 15.3. The number of aromatic nitrogens is 3. The number of aromatic hydroxyl groups is 2. The third-order valence-corrected chi connectivity index (χ3v) is 15.3. The average molecular weight is 1250 g/mol. The number of hydrogen-bond donors (Lipinski definition) is 14. The van der Waals surface area contributed by atoms with Crippen molar-refractivity contribution in [3.63, 3.8) is 0 Å². The van der Waals surface area contributed by atoms with Gasteiger partial charge in [-0.3, -0.25) is 47.9 Å². The molecule has 0 bridgehead atoms. The molecule has 0 aliphatic carbocycles. The maximum atomic E-state index is 14.8. The molecule has 14 N–H and O–H groups in total. The zero-order chi connectivity index (χ0) is 65.2. The van der Waals surface area contributed by atoms with E-state index >= 15 is 0 Å². The first-order chi connectivity index (χ1) is 42.9. The van der Waals surface area contributed by atoms with Crippen molar-refractivity contribution in [3.05, 3.63) is 114 Å². The molecule has 484 valence electrons.